The second kappa shape index (κ2) is 7.94. The third-order valence-corrected chi connectivity index (χ3v) is 4.65. The molecule has 0 unspecified atom stereocenters. The van der Waals surface area contributed by atoms with Crippen LogP contribution in [0.3, 0.4) is 0 Å². The molecule has 24 heavy (non-hydrogen) atoms. The van der Waals surface area contributed by atoms with Crippen molar-refractivity contribution in [3.63, 3.8) is 0 Å². The Morgan fingerprint density at radius 1 is 1.00 bits per heavy atom. The summed E-state index contributed by atoms with van der Waals surface area (Å²) in [4.78, 5) is 24.2. The summed E-state index contributed by atoms with van der Waals surface area (Å²) in [6, 6.07) is 9.31. The van der Waals surface area contributed by atoms with Crippen molar-refractivity contribution in [2.75, 3.05) is 11.9 Å². The Bertz CT molecular complexity index is 780. The van der Waals surface area contributed by atoms with Crippen LogP contribution in [-0.2, 0) is 9.53 Å². The first-order valence-electron chi connectivity index (χ1n) is 7.28. The van der Waals surface area contributed by atoms with Gasteiger partial charge in [-0.1, -0.05) is 17.7 Å². The molecule has 0 saturated heterocycles. The maximum Gasteiger partial charge on any atom is 0.338 e. The summed E-state index contributed by atoms with van der Waals surface area (Å²) in [5.74, 6) is -0.910. The van der Waals surface area contributed by atoms with Crippen LogP contribution in [0.2, 0.25) is 0 Å². The number of hydrogen-bond donors (Lipinski definition) is 1. The van der Waals surface area contributed by atoms with Crippen molar-refractivity contribution < 1.29 is 14.3 Å². The van der Waals surface area contributed by atoms with Gasteiger partial charge in [-0.2, -0.15) is 0 Å². The Morgan fingerprint density at radius 3 is 2.25 bits per heavy atom. The summed E-state index contributed by atoms with van der Waals surface area (Å²) in [7, 11) is 0. The van der Waals surface area contributed by atoms with Crippen molar-refractivity contribution in [2.45, 2.75) is 20.8 Å². The Kier molecular flexibility index (Phi) is 6.18. The lowest BCUT2D eigenvalue weighted by Gasteiger charge is -2.12. The number of carbonyl (C=O) groups excluding carboxylic acids is 2. The zero-order valence-corrected chi connectivity index (χ0v) is 16.7. The van der Waals surface area contributed by atoms with Crippen molar-refractivity contribution in [3.05, 3.63) is 61.5 Å². The highest BCUT2D eigenvalue weighted by molar-refractivity contribution is 9.11. The first-order chi connectivity index (χ1) is 11.3. The van der Waals surface area contributed by atoms with Crippen molar-refractivity contribution in [1.29, 1.82) is 0 Å². The van der Waals surface area contributed by atoms with Gasteiger partial charge in [0.1, 0.15) is 0 Å². The number of nitrogens with one attached hydrogen (secondary N) is 1. The van der Waals surface area contributed by atoms with E-state index in [2.05, 4.69) is 37.2 Å². The minimum Gasteiger partial charge on any atom is -0.452 e. The molecule has 0 aliphatic rings. The number of benzene rings is 2. The molecule has 0 aromatic heterocycles. The molecule has 0 spiro atoms. The van der Waals surface area contributed by atoms with Crippen LogP contribution in [-0.4, -0.2) is 18.5 Å². The predicted molar refractivity (Wildman–Crippen MR) is 101 cm³/mol. The van der Waals surface area contributed by atoms with E-state index in [1.54, 1.807) is 6.07 Å². The summed E-state index contributed by atoms with van der Waals surface area (Å²) in [5, 5.41) is 2.73. The van der Waals surface area contributed by atoms with E-state index >= 15 is 0 Å². The van der Waals surface area contributed by atoms with Crippen molar-refractivity contribution >= 4 is 49.4 Å². The van der Waals surface area contributed by atoms with E-state index in [-0.39, 0.29) is 6.61 Å². The minimum absolute atomic E-state index is 0.348. The molecular weight excluding hydrogens is 438 g/mol. The number of carbonyl (C=O) groups is 2. The number of hydrogen-bond acceptors (Lipinski definition) is 3. The summed E-state index contributed by atoms with van der Waals surface area (Å²) in [5.41, 5.74) is 3.90. The van der Waals surface area contributed by atoms with Gasteiger partial charge in [0.2, 0.25) is 0 Å². The van der Waals surface area contributed by atoms with Crippen molar-refractivity contribution in [3.8, 4) is 0 Å². The molecule has 0 atom stereocenters. The van der Waals surface area contributed by atoms with Gasteiger partial charge in [0.25, 0.3) is 5.91 Å². The van der Waals surface area contributed by atoms with E-state index in [9.17, 15) is 9.59 Å². The third kappa shape index (κ3) is 4.68. The van der Waals surface area contributed by atoms with Crippen LogP contribution in [0.25, 0.3) is 0 Å². The van der Waals surface area contributed by atoms with Crippen LogP contribution in [0.5, 0.6) is 0 Å². The molecule has 1 N–H and O–H groups in total. The summed E-state index contributed by atoms with van der Waals surface area (Å²) >= 11 is 6.82. The SMILES string of the molecule is Cc1cc(Br)c(NC(=O)COC(=O)c2cc(C)ccc2C)c(Br)c1. The molecule has 1 amide bonds. The lowest BCUT2D eigenvalue weighted by molar-refractivity contribution is -0.119. The molecule has 2 aromatic rings. The van der Waals surface area contributed by atoms with Crippen LogP contribution in [0.1, 0.15) is 27.0 Å². The minimum atomic E-state index is -0.506. The Labute approximate surface area is 157 Å². The van der Waals surface area contributed by atoms with Crippen LogP contribution < -0.4 is 5.32 Å². The average Bonchev–Trinajstić information content (AvgIpc) is 2.50. The average molecular weight is 455 g/mol. The quantitative estimate of drug-likeness (QED) is 0.666. The number of ether oxygens (including phenoxy) is 1. The van der Waals surface area contributed by atoms with Crippen molar-refractivity contribution in [1.82, 2.24) is 0 Å². The van der Waals surface area contributed by atoms with Crippen LogP contribution in [0.15, 0.2) is 39.3 Å². The highest BCUT2D eigenvalue weighted by atomic mass is 79.9. The van der Waals surface area contributed by atoms with Gasteiger partial charge >= 0.3 is 5.97 Å². The van der Waals surface area contributed by atoms with Crippen LogP contribution >= 0.6 is 31.9 Å². The molecule has 0 aliphatic carbocycles. The summed E-state index contributed by atoms with van der Waals surface area (Å²) in [6.07, 6.45) is 0. The summed E-state index contributed by atoms with van der Waals surface area (Å²) < 4.78 is 6.63. The fourth-order valence-corrected chi connectivity index (χ4v) is 3.77. The van der Waals surface area contributed by atoms with E-state index < -0.39 is 11.9 Å². The fraction of sp³-hybridized carbons (Fsp3) is 0.222. The number of esters is 1. The number of halogens is 2. The standard InChI is InChI=1S/C18H17Br2NO3/c1-10-4-5-12(3)13(6-10)18(23)24-9-16(22)21-17-14(19)7-11(2)8-15(17)20/h4-8H,9H2,1-3H3,(H,21,22). The fourth-order valence-electron chi connectivity index (χ4n) is 2.16. The summed E-state index contributed by atoms with van der Waals surface area (Å²) in [6.45, 7) is 5.33. The molecule has 0 saturated carbocycles. The van der Waals surface area contributed by atoms with Crippen LogP contribution in [0.4, 0.5) is 5.69 Å². The Hall–Kier alpha value is -1.66. The highest BCUT2D eigenvalue weighted by Crippen LogP contribution is 2.32. The zero-order chi connectivity index (χ0) is 17.9. The molecule has 0 bridgehead atoms. The molecule has 0 radical (unpaired) electrons. The molecular formula is C18H17Br2NO3. The van der Waals surface area contributed by atoms with E-state index in [4.69, 9.17) is 4.74 Å². The van der Waals surface area contributed by atoms with Gasteiger partial charge in [0.15, 0.2) is 6.61 Å². The smallest absolute Gasteiger partial charge is 0.338 e. The molecule has 126 valence electrons. The van der Waals surface area contributed by atoms with Gasteiger partial charge in [0, 0.05) is 8.95 Å². The number of rotatable bonds is 4. The van der Waals surface area contributed by atoms with E-state index in [0.717, 1.165) is 25.6 Å². The largest absolute Gasteiger partial charge is 0.452 e. The van der Waals surface area contributed by atoms with Gasteiger partial charge in [-0.05, 0) is 82.0 Å². The second-order valence-electron chi connectivity index (χ2n) is 5.55. The maximum atomic E-state index is 12.1. The molecule has 2 rings (SSSR count). The van der Waals surface area contributed by atoms with Gasteiger partial charge in [0.05, 0.1) is 11.3 Å². The topological polar surface area (TPSA) is 55.4 Å². The first-order valence-corrected chi connectivity index (χ1v) is 8.86. The van der Waals surface area contributed by atoms with Crippen LogP contribution in [0, 0.1) is 20.8 Å². The number of aryl methyl sites for hydroxylation is 3. The predicted octanol–water partition coefficient (Wildman–Crippen LogP) is 4.93. The van der Waals surface area contributed by atoms with E-state index in [0.29, 0.717) is 11.3 Å². The van der Waals surface area contributed by atoms with Crippen molar-refractivity contribution in [2.24, 2.45) is 0 Å². The maximum absolute atomic E-state index is 12.1. The Morgan fingerprint density at radius 2 is 1.62 bits per heavy atom. The zero-order valence-electron chi connectivity index (χ0n) is 13.6. The van der Waals surface area contributed by atoms with Gasteiger partial charge in [-0.25, -0.2) is 4.79 Å². The van der Waals surface area contributed by atoms with Gasteiger partial charge in [-0.15, -0.1) is 0 Å². The van der Waals surface area contributed by atoms with Gasteiger partial charge < -0.3 is 10.1 Å². The first kappa shape index (κ1) is 18.7. The monoisotopic (exact) mass is 453 g/mol. The number of amides is 1. The normalized spacial score (nSPS) is 10.4. The molecule has 0 fully saturated rings. The third-order valence-electron chi connectivity index (χ3n) is 3.40. The van der Waals surface area contributed by atoms with E-state index in [1.807, 2.05) is 45.0 Å². The second-order valence-corrected chi connectivity index (χ2v) is 7.25. The molecule has 0 heterocycles. The lowest BCUT2D eigenvalue weighted by Crippen LogP contribution is -2.21. The highest BCUT2D eigenvalue weighted by Gasteiger charge is 2.15. The van der Waals surface area contributed by atoms with E-state index in [1.165, 1.54) is 0 Å². The molecule has 2 aromatic carbocycles. The molecule has 4 nitrogen and oxygen atoms in total. The lowest BCUT2D eigenvalue weighted by atomic mass is 10.1. The molecule has 6 heteroatoms. The van der Waals surface area contributed by atoms with Gasteiger partial charge in [-0.3, -0.25) is 4.79 Å². The number of anilines is 1. The molecule has 0 aliphatic heterocycles. The Balaban J connectivity index is 2.01.